The predicted molar refractivity (Wildman–Crippen MR) is 98.1 cm³/mol. The Bertz CT molecular complexity index is 825. The van der Waals surface area contributed by atoms with Crippen LogP contribution in [0.15, 0.2) is 48.0 Å². The number of aldehydes is 1. The molecule has 0 bridgehead atoms. The number of hydrogen-bond donors (Lipinski definition) is 0. The maximum atomic E-state index is 11.1. The second kappa shape index (κ2) is 6.73. The van der Waals surface area contributed by atoms with Gasteiger partial charge in [0, 0.05) is 17.1 Å². The molecule has 122 valence electrons. The zero-order chi connectivity index (χ0) is 16.4. The lowest BCUT2D eigenvalue weighted by atomic mass is 9.84. The van der Waals surface area contributed by atoms with Crippen molar-refractivity contribution >= 4 is 17.6 Å². The molecule has 2 heterocycles. The van der Waals surface area contributed by atoms with Crippen molar-refractivity contribution in [2.75, 3.05) is 0 Å². The summed E-state index contributed by atoms with van der Waals surface area (Å²) in [5.41, 5.74) is 4.19. The first-order chi connectivity index (χ1) is 11.8. The third-order valence-electron chi connectivity index (χ3n) is 4.88. The fourth-order valence-electron chi connectivity index (χ4n) is 3.53. The van der Waals surface area contributed by atoms with Crippen molar-refractivity contribution in [2.45, 2.75) is 38.0 Å². The number of hydrogen-bond acceptors (Lipinski definition) is 3. The summed E-state index contributed by atoms with van der Waals surface area (Å²) in [6.45, 7) is 0. The Morgan fingerprint density at radius 1 is 1.08 bits per heavy atom. The number of aromatic nitrogens is 2. The number of carbonyl (C=O) groups excluding carboxylic acids is 1. The Balaban J connectivity index is 1.57. The van der Waals surface area contributed by atoms with Crippen LogP contribution in [-0.4, -0.2) is 15.8 Å². The minimum atomic E-state index is 0.628. The molecule has 4 rings (SSSR count). The van der Waals surface area contributed by atoms with Crippen LogP contribution in [0, 0.1) is 0 Å². The molecule has 0 unspecified atom stereocenters. The molecule has 1 aromatic carbocycles. The van der Waals surface area contributed by atoms with E-state index in [9.17, 15) is 4.79 Å². The average Bonchev–Trinajstić information content (AvgIpc) is 3.31. The van der Waals surface area contributed by atoms with E-state index >= 15 is 0 Å². The Morgan fingerprint density at radius 2 is 1.88 bits per heavy atom. The highest BCUT2D eigenvalue weighted by Gasteiger charge is 2.15. The minimum absolute atomic E-state index is 0.628. The molecule has 0 radical (unpaired) electrons. The lowest BCUT2D eigenvalue weighted by Gasteiger charge is -2.22. The third-order valence-corrected chi connectivity index (χ3v) is 5.72. The summed E-state index contributed by atoms with van der Waals surface area (Å²) in [7, 11) is 0. The Labute approximate surface area is 146 Å². The van der Waals surface area contributed by atoms with Gasteiger partial charge in [0.2, 0.25) is 0 Å². The van der Waals surface area contributed by atoms with Crippen LogP contribution < -0.4 is 0 Å². The van der Waals surface area contributed by atoms with Gasteiger partial charge in [-0.15, -0.1) is 11.3 Å². The molecule has 0 N–H and O–H groups in total. The fraction of sp³-hybridized carbons (Fsp3) is 0.300. The lowest BCUT2D eigenvalue weighted by molar-refractivity contribution is 0.111. The molecule has 24 heavy (non-hydrogen) atoms. The van der Waals surface area contributed by atoms with Crippen molar-refractivity contribution in [3.05, 3.63) is 59.2 Å². The van der Waals surface area contributed by atoms with E-state index in [0.29, 0.717) is 5.69 Å². The summed E-state index contributed by atoms with van der Waals surface area (Å²) >= 11 is 1.56. The van der Waals surface area contributed by atoms with Gasteiger partial charge in [0.05, 0.1) is 11.4 Å². The van der Waals surface area contributed by atoms with Crippen molar-refractivity contribution in [1.29, 1.82) is 0 Å². The SMILES string of the molecule is O=Cc1cccn1-c1nc(-c2ccc(C3CCCCC3)cc2)cs1. The first-order valence-electron chi connectivity index (χ1n) is 8.54. The van der Waals surface area contributed by atoms with Crippen LogP contribution >= 0.6 is 11.3 Å². The van der Waals surface area contributed by atoms with Gasteiger partial charge >= 0.3 is 0 Å². The third kappa shape index (κ3) is 2.94. The summed E-state index contributed by atoms with van der Waals surface area (Å²) in [6, 6.07) is 12.5. The van der Waals surface area contributed by atoms with Crippen molar-refractivity contribution in [3.8, 4) is 16.4 Å². The van der Waals surface area contributed by atoms with Crippen molar-refractivity contribution in [3.63, 3.8) is 0 Å². The average molecular weight is 336 g/mol. The lowest BCUT2D eigenvalue weighted by Crippen LogP contribution is -2.04. The molecule has 0 amide bonds. The molecule has 4 heteroatoms. The molecule has 0 spiro atoms. The van der Waals surface area contributed by atoms with Crippen molar-refractivity contribution in [1.82, 2.24) is 9.55 Å². The van der Waals surface area contributed by atoms with E-state index < -0.39 is 0 Å². The molecule has 3 nitrogen and oxygen atoms in total. The monoisotopic (exact) mass is 336 g/mol. The summed E-state index contributed by atoms with van der Waals surface area (Å²) in [6.07, 6.45) is 9.48. The first kappa shape index (κ1) is 15.3. The molecular formula is C20H20N2OS. The second-order valence-electron chi connectivity index (χ2n) is 6.39. The maximum absolute atomic E-state index is 11.1. The van der Waals surface area contributed by atoms with E-state index in [4.69, 9.17) is 4.98 Å². The molecule has 0 saturated heterocycles. The van der Waals surface area contributed by atoms with E-state index in [1.165, 1.54) is 37.7 Å². The maximum Gasteiger partial charge on any atom is 0.194 e. The van der Waals surface area contributed by atoms with Crippen LogP contribution in [0.5, 0.6) is 0 Å². The minimum Gasteiger partial charge on any atom is -0.296 e. The van der Waals surface area contributed by atoms with E-state index in [0.717, 1.165) is 28.6 Å². The van der Waals surface area contributed by atoms with Gasteiger partial charge in [-0.1, -0.05) is 43.5 Å². The molecule has 1 fully saturated rings. The van der Waals surface area contributed by atoms with Crippen LogP contribution in [-0.2, 0) is 0 Å². The Kier molecular flexibility index (Phi) is 4.30. The van der Waals surface area contributed by atoms with E-state index in [1.54, 1.807) is 17.4 Å². The van der Waals surface area contributed by atoms with Gasteiger partial charge in [-0.2, -0.15) is 0 Å². The first-order valence-corrected chi connectivity index (χ1v) is 9.42. The standard InChI is InChI=1S/C20H20N2OS/c23-13-18-7-4-12-22(18)20-21-19(14-24-20)17-10-8-16(9-11-17)15-5-2-1-3-6-15/h4,7-15H,1-3,5-6H2. The molecule has 0 atom stereocenters. The van der Waals surface area contributed by atoms with Crippen LogP contribution in [0.2, 0.25) is 0 Å². The Morgan fingerprint density at radius 3 is 2.62 bits per heavy atom. The van der Waals surface area contributed by atoms with Gasteiger partial charge in [0.25, 0.3) is 0 Å². The molecule has 0 aliphatic heterocycles. The van der Waals surface area contributed by atoms with Crippen molar-refractivity contribution < 1.29 is 4.79 Å². The summed E-state index contributed by atoms with van der Waals surface area (Å²) in [4.78, 5) is 15.8. The van der Waals surface area contributed by atoms with Gasteiger partial charge < -0.3 is 0 Å². The van der Waals surface area contributed by atoms with Gasteiger partial charge in [0.1, 0.15) is 0 Å². The van der Waals surface area contributed by atoms with Gasteiger partial charge in [-0.3, -0.25) is 9.36 Å². The Hall–Kier alpha value is -2.20. The topological polar surface area (TPSA) is 34.9 Å². The predicted octanol–water partition coefficient (Wildman–Crippen LogP) is 5.46. The van der Waals surface area contributed by atoms with E-state index in [1.807, 2.05) is 16.8 Å². The van der Waals surface area contributed by atoms with Crippen LogP contribution in [0.3, 0.4) is 0 Å². The summed E-state index contributed by atoms with van der Waals surface area (Å²) in [5.74, 6) is 0.730. The number of thiazole rings is 1. The molecular weight excluding hydrogens is 316 g/mol. The highest BCUT2D eigenvalue weighted by atomic mass is 32.1. The van der Waals surface area contributed by atoms with E-state index in [2.05, 4.69) is 29.6 Å². The van der Waals surface area contributed by atoms with Crippen molar-refractivity contribution in [2.24, 2.45) is 0 Å². The summed E-state index contributed by atoms with van der Waals surface area (Å²) < 4.78 is 1.83. The highest BCUT2D eigenvalue weighted by molar-refractivity contribution is 7.12. The fourth-order valence-corrected chi connectivity index (χ4v) is 4.37. The number of nitrogens with zero attached hydrogens (tertiary/aromatic N) is 2. The number of benzene rings is 1. The normalized spacial score (nSPS) is 15.5. The van der Waals surface area contributed by atoms with Crippen LogP contribution in [0.1, 0.15) is 54.1 Å². The van der Waals surface area contributed by atoms with Crippen LogP contribution in [0.4, 0.5) is 0 Å². The zero-order valence-corrected chi connectivity index (χ0v) is 14.3. The van der Waals surface area contributed by atoms with Gasteiger partial charge in [-0.25, -0.2) is 4.98 Å². The van der Waals surface area contributed by atoms with E-state index in [-0.39, 0.29) is 0 Å². The van der Waals surface area contributed by atoms with Gasteiger partial charge in [0.15, 0.2) is 11.4 Å². The smallest absolute Gasteiger partial charge is 0.194 e. The molecule has 1 aliphatic rings. The molecule has 2 aromatic heterocycles. The second-order valence-corrected chi connectivity index (χ2v) is 7.23. The molecule has 1 saturated carbocycles. The number of rotatable bonds is 4. The highest BCUT2D eigenvalue weighted by Crippen LogP contribution is 2.34. The number of carbonyl (C=O) groups is 1. The van der Waals surface area contributed by atoms with Crippen LogP contribution in [0.25, 0.3) is 16.4 Å². The molecule has 3 aromatic rings. The zero-order valence-electron chi connectivity index (χ0n) is 13.5. The quantitative estimate of drug-likeness (QED) is 0.593. The molecule has 1 aliphatic carbocycles. The van der Waals surface area contributed by atoms with Gasteiger partial charge in [-0.05, 0) is 36.5 Å². The summed E-state index contributed by atoms with van der Waals surface area (Å²) in [5, 5.41) is 2.88. The largest absolute Gasteiger partial charge is 0.296 e.